The Hall–Kier alpha value is -1.77. The number of hydrogen-bond donors (Lipinski definition) is 0. The van der Waals surface area contributed by atoms with Crippen LogP contribution < -0.4 is 0 Å². The highest BCUT2D eigenvalue weighted by molar-refractivity contribution is 5.78. The van der Waals surface area contributed by atoms with Crippen LogP contribution in [0.3, 0.4) is 0 Å². The van der Waals surface area contributed by atoms with Crippen molar-refractivity contribution in [3.8, 4) is 0 Å². The number of hydrogen-bond acceptors (Lipinski definition) is 2. The molecule has 0 saturated heterocycles. The van der Waals surface area contributed by atoms with Gasteiger partial charge in [-0.3, -0.25) is 4.40 Å². The molecule has 3 heteroatoms. The molecule has 0 saturated carbocycles. The second-order valence-corrected chi connectivity index (χ2v) is 3.09. The van der Waals surface area contributed by atoms with Gasteiger partial charge in [0.2, 0.25) is 0 Å². The zero-order valence-corrected chi connectivity index (χ0v) is 7.19. The maximum Gasteiger partial charge on any atom is 0.307 e. The van der Waals surface area contributed by atoms with Crippen molar-refractivity contribution in [1.82, 2.24) is 9.38 Å². The summed E-state index contributed by atoms with van der Waals surface area (Å²) in [6.07, 6.45) is 1.95. The van der Waals surface area contributed by atoms with E-state index in [0.717, 1.165) is 16.8 Å². The van der Waals surface area contributed by atoms with Gasteiger partial charge in [0, 0.05) is 0 Å². The molecule has 13 heavy (non-hydrogen) atoms. The number of imidazole rings is 1. The summed E-state index contributed by atoms with van der Waals surface area (Å²) in [5.41, 5.74) is 2.07. The van der Waals surface area contributed by atoms with E-state index in [4.69, 9.17) is 4.42 Å². The minimum atomic E-state index is 0.665. The molecule has 0 N–H and O–H groups in total. The third kappa shape index (κ3) is 0.811. The van der Waals surface area contributed by atoms with Crippen LogP contribution in [0.15, 0.2) is 34.9 Å². The van der Waals surface area contributed by atoms with Crippen LogP contribution in [-0.4, -0.2) is 9.38 Å². The van der Waals surface area contributed by atoms with Crippen molar-refractivity contribution in [2.24, 2.45) is 0 Å². The van der Waals surface area contributed by atoms with Crippen molar-refractivity contribution in [2.75, 3.05) is 0 Å². The summed E-state index contributed by atoms with van der Waals surface area (Å²) in [4.78, 5) is 4.33. The lowest BCUT2D eigenvalue weighted by Gasteiger charge is -1.85. The van der Waals surface area contributed by atoms with E-state index < -0.39 is 0 Å². The van der Waals surface area contributed by atoms with Gasteiger partial charge in [-0.05, 0) is 19.1 Å². The van der Waals surface area contributed by atoms with Crippen LogP contribution in [0.5, 0.6) is 0 Å². The zero-order chi connectivity index (χ0) is 8.84. The smallest absolute Gasteiger partial charge is 0.307 e. The summed E-state index contributed by atoms with van der Waals surface area (Å²) in [6, 6.07) is 7.98. The minimum absolute atomic E-state index is 0.665. The maximum atomic E-state index is 5.40. The molecule has 3 rings (SSSR count). The summed E-state index contributed by atoms with van der Waals surface area (Å²) in [6.45, 7) is 1.92. The number of aromatic nitrogens is 2. The maximum absolute atomic E-state index is 5.40. The van der Waals surface area contributed by atoms with Gasteiger partial charge in [0.25, 0.3) is 0 Å². The number of para-hydroxylation sites is 2. The van der Waals surface area contributed by atoms with Gasteiger partial charge in [-0.2, -0.15) is 4.98 Å². The van der Waals surface area contributed by atoms with Gasteiger partial charge in [0.1, 0.15) is 5.76 Å². The van der Waals surface area contributed by atoms with Crippen LogP contribution in [-0.2, 0) is 0 Å². The van der Waals surface area contributed by atoms with Crippen molar-refractivity contribution in [3.05, 3.63) is 36.2 Å². The Morgan fingerprint density at radius 1 is 1.31 bits per heavy atom. The summed E-state index contributed by atoms with van der Waals surface area (Å²) in [5, 5.41) is 0. The van der Waals surface area contributed by atoms with Crippen molar-refractivity contribution in [2.45, 2.75) is 6.92 Å². The molecule has 2 aromatic heterocycles. The lowest BCUT2D eigenvalue weighted by molar-refractivity contribution is 0.563. The fraction of sp³-hybridized carbons (Fsp3) is 0.100. The van der Waals surface area contributed by atoms with E-state index in [1.165, 1.54) is 0 Å². The molecule has 3 aromatic rings. The largest absolute Gasteiger partial charge is 0.429 e. The molecule has 0 radical (unpaired) electrons. The molecule has 0 aliphatic rings. The molecule has 64 valence electrons. The topological polar surface area (TPSA) is 30.4 Å². The third-order valence-corrected chi connectivity index (χ3v) is 2.13. The number of rotatable bonds is 0. The molecule has 0 unspecified atom stereocenters. The third-order valence-electron chi connectivity index (χ3n) is 2.13. The van der Waals surface area contributed by atoms with E-state index in [1.54, 1.807) is 0 Å². The van der Waals surface area contributed by atoms with E-state index in [9.17, 15) is 0 Å². The molecule has 3 nitrogen and oxygen atoms in total. The number of oxazole rings is 1. The predicted octanol–water partition coefficient (Wildman–Crippen LogP) is 2.39. The second-order valence-electron chi connectivity index (χ2n) is 3.09. The molecular formula is C10H8N2O. The van der Waals surface area contributed by atoms with Crippen LogP contribution in [0.4, 0.5) is 0 Å². The highest BCUT2D eigenvalue weighted by Gasteiger charge is 2.06. The van der Waals surface area contributed by atoms with Crippen molar-refractivity contribution in [3.63, 3.8) is 0 Å². The first kappa shape index (κ1) is 6.71. The zero-order valence-electron chi connectivity index (χ0n) is 7.19. The van der Waals surface area contributed by atoms with E-state index in [1.807, 2.05) is 41.8 Å². The van der Waals surface area contributed by atoms with Crippen molar-refractivity contribution >= 4 is 16.9 Å². The van der Waals surface area contributed by atoms with Gasteiger partial charge in [-0.15, -0.1) is 0 Å². The highest BCUT2D eigenvalue weighted by atomic mass is 16.4. The number of fused-ring (bicyclic) bond motifs is 3. The molecule has 0 bridgehead atoms. The number of benzene rings is 1. The molecule has 0 aliphatic heterocycles. The van der Waals surface area contributed by atoms with Crippen LogP contribution in [0.25, 0.3) is 16.9 Å². The Bertz CT molecular complexity index is 577. The van der Waals surface area contributed by atoms with Gasteiger partial charge in [-0.25, -0.2) is 0 Å². The average Bonchev–Trinajstić information content (AvgIpc) is 2.60. The standard InChI is InChI=1S/C10H8N2O/c1-7-6-12-9-5-3-2-4-8(9)11-10(12)13-7/h2-6H,1H3. The highest BCUT2D eigenvalue weighted by Crippen LogP contribution is 2.17. The first-order valence-electron chi connectivity index (χ1n) is 4.18. The van der Waals surface area contributed by atoms with Gasteiger partial charge >= 0.3 is 5.84 Å². The minimum Gasteiger partial charge on any atom is -0.429 e. The molecule has 0 atom stereocenters. The first-order valence-corrected chi connectivity index (χ1v) is 4.18. The summed E-state index contributed by atoms with van der Waals surface area (Å²) < 4.78 is 7.37. The fourth-order valence-electron chi connectivity index (χ4n) is 1.57. The molecule has 0 fully saturated rings. The molecule has 1 aromatic carbocycles. The van der Waals surface area contributed by atoms with Gasteiger partial charge in [0.15, 0.2) is 0 Å². The van der Waals surface area contributed by atoms with Gasteiger partial charge in [-0.1, -0.05) is 12.1 Å². The quantitative estimate of drug-likeness (QED) is 0.521. The van der Waals surface area contributed by atoms with Crippen molar-refractivity contribution in [1.29, 1.82) is 0 Å². The Morgan fingerprint density at radius 2 is 2.15 bits per heavy atom. The van der Waals surface area contributed by atoms with Crippen LogP contribution >= 0.6 is 0 Å². The molecular weight excluding hydrogens is 164 g/mol. The Balaban J connectivity index is 2.60. The number of nitrogens with zero attached hydrogens (tertiary/aromatic N) is 2. The first-order chi connectivity index (χ1) is 6.34. The van der Waals surface area contributed by atoms with E-state index in [2.05, 4.69) is 4.98 Å². The fourth-order valence-corrected chi connectivity index (χ4v) is 1.57. The molecule has 0 spiro atoms. The Kier molecular flexibility index (Phi) is 1.10. The number of aryl methyl sites for hydroxylation is 1. The summed E-state index contributed by atoms with van der Waals surface area (Å²) >= 11 is 0. The second kappa shape index (κ2) is 2.13. The van der Waals surface area contributed by atoms with Gasteiger partial charge < -0.3 is 4.42 Å². The normalized spacial score (nSPS) is 11.5. The van der Waals surface area contributed by atoms with Crippen LogP contribution in [0.1, 0.15) is 5.76 Å². The van der Waals surface area contributed by atoms with Crippen LogP contribution in [0, 0.1) is 6.92 Å². The van der Waals surface area contributed by atoms with E-state index >= 15 is 0 Å². The lowest BCUT2D eigenvalue weighted by atomic mass is 10.3. The molecule has 2 heterocycles. The monoisotopic (exact) mass is 172 g/mol. The van der Waals surface area contributed by atoms with E-state index in [0.29, 0.717) is 5.84 Å². The van der Waals surface area contributed by atoms with Gasteiger partial charge in [0.05, 0.1) is 17.2 Å². The van der Waals surface area contributed by atoms with E-state index in [-0.39, 0.29) is 0 Å². The predicted molar refractivity (Wildman–Crippen MR) is 49.7 cm³/mol. The molecule has 0 aliphatic carbocycles. The lowest BCUT2D eigenvalue weighted by Crippen LogP contribution is -1.74. The van der Waals surface area contributed by atoms with Crippen LogP contribution in [0.2, 0.25) is 0 Å². The SMILES string of the molecule is Cc1cn2c(nc3ccccc32)o1. The summed E-state index contributed by atoms with van der Waals surface area (Å²) in [7, 11) is 0. The Morgan fingerprint density at radius 3 is 3.08 bits per heavy atom. The average molecular weight is 172 g/mol. The Labute approximate surface area is 74.6 Å². The summed E-state index contributed by atoms with van der Waals surface area (Å²) in [5.74, 6) is 1.55. The van der Waals surface area contributed by atoms with Crippen molar-refractivity contribution < 1.29 is 4.42 Å². The molecule has 0 amide bonds.